The van der Waals surface area contributed by atoms with E-state index in [-0.39, 0.29) is 12.1 Å². The van der Waals surface area contributed by atoms with E-state index in [1.54, 1.807) is 0 Å². The molecule has 1 aromatic rings. The van der Waals surface area contributed by atoms with Crippen molar-refractivity contribution >= 4 is 24.0 Å². The van der Waals surface area contributed by atoms with Gasteiger partial charge < -0.3 is 19.4 Å². The van der Waals surface area contributed by atoms with E-state index >= 15 is 0 Å². The van der Waals surface area contributed by atoms with Gasteiger partial charge in [-0.05, 0) is 43.9 Å². The zero-order valence-electron chi connectivity index (χ0n) is 18.2. The molecule has 0 bridgehead atoms. The molecular formula is C21H30N4O5. The molecule has 0 saturated carbocycles. The molecule has 0 saturated heterocycles. The molecule has 3 amide bonds. The molecule has 2 N–H and O–H groups in total. The molecule has 0 fully saturated rings. The lowest BCUT2D eigenvalue weighted by molar-refractivity contribution is -0.144. The Labute approximate surface area is 177 Å². The highest BCUT2D eigenvalue weighted by atomic mass is 16.5. The van der Waals surface area contributed by atoms with E-state index in [0.29, 0.717) is 12.5 Å². The summed E-state index contributed by atoms with van der Waals surface area (Å²) in [6.07, 6.45) is 2.47. The SMILES string of the molecule is COCCNC(=O)NC(=O)COC(=O)/C(C#N)=C/c1cc(C)n(CCC(C)C)c1C. The number of aryl methyl sites for hydroxylation is 1. The summed E-state index contributed by atoms with van der Waals surface area (Å²) in [4.78, 5) is 35.3. The molecule has 1 heterocycles. The number of nitrogens with one attached hydrogen (secondary N) is 2. The van der Waals surface area contributed by atoms with Gasteiger partial charge in [-0.3, -0.25) is 10.1 Å². The maximum Gasteiger partial charge on any atom is 0.349 e. The Hall–Kier alpha value is -3.12. The minimum absolute atomic E-state index is 0.226. The van der Waals surface area contributed by atoms with Gasteiger partial charge in [0.25, 0.3) is 5.91 Å². The van der Waals surface area contributed by atoms with Gasteiger partial charge in [0.05, 0.1) is 6.61 Å². The maximum atomic E-state index is 12.2. The summed E-state index contributed by atoms with van der Waals surface area (Å²) in [5.74, 6) is -1.18. The predicted octanol–water partition coefficient (Wildman–Crippen LogP) is 2.07. The number of methoxy groups -OCH3 is 1. The Bertz CT molecular complexity index is 833. The number of hydrogen-bond acceptors (Lipinski definition) is 6. The first kappa shape index (κ1) is 24.9. The van der Waals surface area contributed by atoms with Crippen LogP contribution in [0.2, 0.25) is 0 Å². The number of hydrogen-bond donors (Lipinski definition) is 2. The average molecular weight is 418 g/mol. The fourth-order valence-corrected chi connectivity index (χ4v) is 2.68. The molecule has 0 aliphatic carbocycles. The predicted molar refractivity (Wildman–Crippen MR) is 111 cm³/mol. The number of esters is 1. The number of imide groups is 1. The quantitative estimate of drug-likeness (QED) is 0.260. The maximum absolute atomic E-state index is 12.2. The number of aromatic nitrogens is 1. The van der Waals surface area contributed by atoms with Crippen LogP contribution >= 0.6 is 0 Å². The molecular weight excluding hydrogens is 388 g/mol. The van der Waals surface area contributed by atoms with E-state index in [4.69, 9.17) is 9.47 Å². The Balaban J connectivity index is 2.72. The molecule has 0 atom stereocenters. The first-order valence-corrected chi connectivity index (χ1v) is 9.71. The molecule has 0 radical (unpaired) electrons. The second-order valence-electron chi connectivity index (χ2n) is 7.20. The van der Waals surface area contributed by atoms with Crippen LogP contribution in [0, 0.1) is 31.1 Å². The Morgan fingerprint density at radius 2 is 2.00 bits per heavy atom. The molecule has 9 heteroatoms. The van der Waals surface area contributed by atoms with E-state index in [2.05, 4.69) is 23.7 Å². The highest BCUT2D eigenvalue weighted by Gasteiger charge is 2.16. The standard InChI is InChI=1S/C21H30N4O5/c1-14(2)6-8-25-15(3)10-17(16(25)4)11-18(12-22)20(27)30-13-19(26)24-21(28)23-7-9-29-5/h10-11,14H,6-9,13H2,1-5H3,(H2,23,24,26,28)/b18-11+. The number of ether oxygens (including phenoxy) is 2. The fraction of sp³-hybridized carbons (Fsp3) is 0.524. The summed E-state index contributed by atoms with van der Waals surface area (Å²) in [7, 11) is 1.48. The van der Waals surface area contributed by atoms with E-state index in [0.717, 1.165) is 29.9 Å². The third kappa shape index (κ3) is 8.09. The van der Waals surface area contributed by atoms with Crippen molar-refractivity contribution in [2.24, 2.45) is 5.92 Å². The van der Waals surface area contributed by atoms with Crippen LogP contribution in [0.3, 0.4) is 0 Å². The van der Waals surface area contributed by atoms with E-state index in [9.17, 15) is 19.6 Å². The van der Waals surface area contributed by atoms with Crippen molar-refractivity contribution in [3.63, 3.8) is 0 Å². The van der Waals surface area contributed by atoms with Crippen molar-refractivity contribution in [2.75, 3.05) is 26.9 Å². The first-order valence-electron chi connectivity index (χ1n) is 9.71. The van der Waals surface area contributed by atoms with Crippen LogP contribution in [-0.4, -0.2) is 49.3 Å². The highest BCUT2D eigenvalue weighted by Crippen LogP contribution is 2.20. The third-order valence-electron chi connectivity index (χ3n) is 4.36. The van der Waals surface area contributed by atoms with Crippen LogP contribution in [0.15, 0.2) is 11.6 Å². The van der Waals surface area contributed by atoms with Gasteiger partial charge in [-0.2, -0.15) is 5.26 Å². The molecule has 30 heavy (non-hydrogen) atoms. The summed E-state index contributed by atoms with van der Waals surface area (Å²) in [5, 5.41) is 13.7. The molecule has 0 aromatic carbocycles. The number of carbonyl (C=O) groups excluding carboxylic acids is 3. The van der Waals surface area contributed by atoms with Crippen molar-refractivity contribution in [1.82, 2.24) is 15.2 Å². The van der Waals surface area contributed by atoms with Crippen LogP contribution < -0.4 is 10.6 Å². The second kappa shape index (κ2) is 12.4. The summed E-state index contributed by atoms with van der Waals surface area (Å²) in [6.45, 7) is 8.89. The molecule has 164 valence electrons. The summed E-state index contributed by atoms with van der Waals surface area (Å²) >= 11 is 0. The monoisotopic (exact) mass is 418 g/mol. The fourth-order valence-electron chi connectivity index (χ4n) is 2.68. The lowest BCUT2D eigenvalue weighted by Crippen LogP contribution is -2.42. The molecule has 0 spiro atoms. The van der Waals surface area contributed by atoms with Gasteiger partial charge in [-0.1, -0.05) is 13.8 Å². The van der Waals surface area contributed by atoms with Crippen molar-refractivity contribution < 1.29 is 23.9 Å². The number of urea groups is 1. The largest absolute Gasteiger partial charge is 0.451 e. The highest BCUT2D eigenvalue weighted by molar-refractivity contribution is 6.00. The molecule has 0 aliphatic heterocycles. The van der Waals surface area contributed by atoms with Crippen LogP contribution in [0.4, 0.5) is 4.79 Å². The first-order chi connectivity index (χ1) is 14.2. The number of nitrogens with zero attached hydrogens (tertiary/aromatic N) is 2. The summed E-state index contributed by atoms with van der Waals surface area (Å²) in [5.41, 5.74) is 2.49. The van der Waals surface area contributed by atoms with Crippen LogP contribution in [0.1, 0.15) is 37.2 Å². The van der Waals surface area contributed by atoms with Crippen LogP contribution in [-0.2, 0) is 25.6 Å². The van der Waals surface area contributed by atoms with Gasteiger partial charge >= 0.3 is 12.0 Å². The van der Waals surface area contributed by atoms with Gasteiger partial charge in [-0.25, -0.2) is 9.59 Å². The Morgan fingerprint density at radius 1 is 1.30 bits per heavy atom. The average Bonchev–Trinajstić information content (AvgIpc) is 2.95. The zero-order chi connectivity index (χ0) is 22.7. The summed E-state index contributed by atoms with van der Waals surface area (Å²) in [6, 6.07) is 2.98. The second-order valence-corrected chi connectivity index (χ2v) is 7.20. The van der Waals surface area contributed by atoms with Gasteiger partial charge in [0.2, 0.25) is 0 Å². The minimum atomic E-state index is -0.931. The third-order valence-corrected chi connectivity index (χ3v) is 4.36. The zero-order valence-corrected chi connectivity index (χ0v) is 18.2. The lowest BCUT2D eigenvalue weighted by Gasteiger charge is -2.11. The minimum Gasteiger partial charge on any atom is -0.451 e. The number of amides is 3. The molecule has 9 nitrogen and oxygen atoms in total. The van der Waals surface area contributed by atoms with Crippen molar-refractivity contribution in [3.05, 3.63) is 28.6 Å². The van der Waals surface area contributed by atoms with Crippen molar-refractivity contribution in [2.45, 2.75) is 40.7 Å². The topological polar surface area (TPSA) is 122 Å². The van der Waals surface area contributed by atoms with Crippen molar-refractivity contribution in [1.29, 1.82) is 5.26 Å². The number of rotatable bonds is 10. The Kier molecular flexibility index (Phi) is 10.3. The van der Waals surface area contributed by atoms with Gasteiger partial charge in [0.1, 0.15) is 11.6 Å². The lowest BCUT2D eigenvalue weighted by atomic mass is 10.1. The van der Waals surface area contributed by atoms with E-state index in [1.165, 1.54) is 13.2 Å². The molecule has 0 unspecified atom stereocenters. The number of nitriles is 1. The Morgan fingerprint density at radius 3 is 2.60 bits per heavy atom. The van der Waals surface area contributed by atoms with Gasteiger partial charge in [-0.15, -0.1) is 0 Å². The molecule has 0 aliphatic rings. The van der Waals surface area contributed by atoms with E-state index < -0.39 is 24.5 Å². The van der Waals surface area contributed by atoms with Crippen LogP contribution in [0.25, 0.3) is 6.08 Å². The number of carbonyl (C=O) groups is 3. The van der Waals surface area contributed by atoms with Crippen molar-refractivity contribution in [3.8, 4) is 6.07 Å². The molecule has 1 aromatic heterocycles. The normalized spacial score (nSPS) is 11.2. The molecule has 1 rings (SSSR count). The van der Waals surface area contributed by atoms with Gasteiger partial charge in [0.15, 0.2) is 6.61 Å². The smallest absolute Gasteiger partial charge is 0.349 e. The summed E-state index contributed by atoms with van der Waals surface area (Å²) < 4.78 is 11.8. The van der Waals surface area contributed by atoms with Gasteiger partial charge in [0, 0.05) is 31.6 Å². The van der Waals surface area contributed by atoms with Crippen LogP contribution in [0.5, 0.6) is 0 Å². The van der Waals surface area contributed by atoms with E-state index in [1.807, 2.05) is 31.3 Å².